The van der Waals surface area contributed by atoms with E-state index in [0.29, 0.717) is 0 Å². The second-order valence-corrected chi connectivity index (χ2v) is 4.68. The third kappa shape index (κ3) is 3.07. The lowest BCUT2D eigenvalue weighted by molar-refractivity contribution is -0.286. The number of aliphatic carboxylic acids is 2. The molecule has 1 heterocycles. The van der Waals surface area contributed by atoms with E-state index in [1.54, 1.807) is 0 Å². The summed E-state index contributed by atoms with van der Waals surface area (Å²) in [6.07, 6.45) is -6.12. The minimum absolute atomic E-state index is 0.670. The van der Waals surface area contributed by atoms with Gasteiger partial charge in [-0.15, -0.1) is 0 Å². The van der Waals surface area contributed by atoms with Crippen LogP contribution in [-0.4, -0.2) is 38.4 Å². The van der Waals surface area contributed by atoms with Crippen LogP contribution in [0.25, 0.3) is 0 Å². The number of carbonyl (C=O) groups is 2. The molecule has 7 nitrogen and oxygen atoms in total. The third-order valence-corrected chi connectivity index (χ3v) is 3.22. The normalized spacial score (nSPS) is 15.9. The highest BCUT2D eigenvalue weighted by molar-refractivity contribution is 6.30. The van der Waals surface area contributed by atoms with Gasteiger partial charge in [-0.25, -0.2) is 4.98 Å². The summed E-state index contributed by atoms with van der Waals surface area (Å²) in [6, 6.07) is 0.873. The molecule has 0 fully saturated rings. The van der Waals surface area contributed by atoms with Crippen molar-refractivity contribution in [2.24, 2.45) is 5.92 Å². The van der Waals surface area contributed by atoms with Gasteiger partial charge in [-0.2, -0.15) is 13.2 Å². The van der Waals surface area contributed by atoms with Crippen LogP contribution in [0.15, 0.2) is 12.3 Å². The Bertz CT molecular complexity index is 590. The maximum absolute atomic E-state index is 13.4. The summed E-state index contributed by atoms with van der Waals surface area (Å²) in [5.74, 6) is -6.80. The van der Waals surface area contributed by atoms with Gasteiger partial charge in [0, 0.05) is 11.9 Å². The van der Waals surface area contributed by atoms with Crippen molar-refractivity contribution in [3.63, 3.8) is 0 Å². The molecule has 0 aliphatic heterocycles. The maximum atomic E-state index is 13.4. The molecule has 1 rings (SSSR count). The Balaban J connectivity index is 3.70. The number of rotatable bonds is 5. The first-order valence-corrected chi connectivity index (χ1v) is 5.94. The molecule has 5 N–H and O–H groups in total. The number of pyridine rings is 1. The Kier molecular flexibility index (Phi) is 4.88. The van der Waals surface area contributed by atoms with Gasteiger partial charge in [0.25, 0.3) is 0 Å². The fourth-order valence-electron chi connectivity index (χ4n) is 1.93. The van der Waals surface area contributed by atoms with Crippen LogP contribution in [0.1, 0.15) is 12.0 Å². The molecule has 22 heavy (non-hydrogen) atoms. The average Bonchev–Trinajstić information content (AvgIpc) is 2.33. The highest BCUT2D eigenvalue weighted by Crippen LogP contribution is 2.49. The molecule has 0 bridgehead atoms. The molecule has 0 aliphatic rings. The van der Waals surface area contributed by atoms with Gasteiger partial charge in [-0.3, -0.25) is 9.59 Å². The zero-order valence-electron chi connectivity index (χ0n) is 10.6. The van der Waals surface area contributed by atoms with Crippen molar-refractivity contribution in [1.29, 1.82) is 0 Å². The van der Waals surface area contributed by atoms with E-state index in [0.717, 1.165) is 12.3 Å². The van der Waals surface area contributed by atoms with Crippen molar-refractivity contribution >= 4 is 29.2 Å². The van der Waals surface area contributed by atoms with Crippen LogP contribution in [-0.2, 0) is 15.2 Å². The molecule has 0 amide bonds. The van der Waals surface area contributed by atoms with E-state index in [1.165, 1.54) is 0 Å². The second kappa shape index (κ2) is 5.97. The number of halogens is 4. The monoisotopic (exact) mass is 342 g/mol. The molecule has 0 aliphatic carbocycles. The van der Waals surface area contributed by atoms with Crippen molar-refractivity contribution < 1.29 is 38.1 Å². The summed E-state index contributed by atoms with van der Waals surface area (Å²) in [5, 5.41) is 26.8. The predicted octanol–water partition coefficient (Wildman–Crippen LogP) is 1.24. The maximum Gasteiger partial charge on any atom is 0.422 e. The van der Waals surface area contributed by atoms with Crippen LogP contribution in [0.4, 0.5) is 18.9 Å². The smallest absolute Gasteiger partial charge is 0.422 e. The molecule has 2 unspecified atom stereocenters. The highest BCUT2D eigenvalue weighted by Gasteiger charge is 2.64. The van der Waals surface area contributed by atoms with Gasteiger partial charge < -0.3 is 21.1 Å². The lowest BCUT2D eigenvalue weighted by atomic mass is 9.78. The molecule has 11 heteroatoms. The van der Waals surface area contributed by atoms with Crippen molar-refractivity contribution in [2.75, 3.05) is 5.73 Å². The summed E-state index contributed by atoms with van der Waals surface area (Å²) < 4.78 is 40.1. The lowest BCUT2D eigenvalue weighted by Crippen LogP contribution is -2.52. The Labute approximate surface area is 126 Å². The number of aliphatic hydroxyl groups is 1. The highest BCUT2D eigenvalue weighted by atomic mass is 35.5. The molecule has 122 valence electrons. The number of aromatic nitrogens is 1. The summed E-state index contributed by atoms with van der Waals surface area (Å²) >= 11 is 5.51. The number of carboxylic acids is 2. The molecular weight excluding hydrogens is 333 g/mol. The first kappa shape index (κ1) is 18.0. The molecular formula is C11H10ClF3N2O5. The number of hydrogen-bond acceptors (Lipinski definition) is 5. The van der Waals surface area contributed by atoms with Crippen molar-refractivity contribution in [2.45, 2.75) is 18.2 Å². The van der Waals surface area contributed by atoms with E-state index in [1.807, 2.05) is 0 Å². The Hall–Kier alpha value is -2.07. The number of hydrogen-bond donors (Lipinski definition) is 4. The number of nitrogen functional groups attached to an aromatic ring is 1. The van der Waals surface area contributed by atoms with Gasteiger partial charge in [-0.1, -0.05) is 11.6 Å². The zero-order valence-corrected chi connectivity index (χ0v) is 11.4. The summed E-state index contributed by atoms with van der Waals surface area (Å²) in [5.41, 5.74) is -0.637. The third-order valence-electron chi connectivity index (χ3n) is 2.93. The van der Waals surface area contributed by atoms with Gasteiger partial charge in [0.2, 0.25) is 5.60 Å². The molecule has 1 aromatic heterocycles. The Morgan fingerprint density at radius 1 is 1.36 bits per heavy atom. The fraction of sp³-hybridized carbons (Fsp3) is 0.364. The van der Waals surface area contributed by atoms with Crippen LogP contribution >= 0.6 is 11.6 Å². The van der Waals surface area contributed by atoms with Gasteiger partial charge >= 0.3 is 18.1 Å². The first-order valence-electron chi connectivity index (χ1n) is 5.57. The molecule has 0 saturated carbocycles. The quantitative estimate of drug-likeness (QED) is 0.591. The van der Waals surface area contributed by atoms with Crippen molar-refractivity contribution in [3.8, 4) is 0 Å². The van der Waals surface area contributed by atoms with E-state index >= 15 is 0 Å². The summed E-state index contributed by atoms with van der Waals surface area (Å²) in [6.45, 7) is 0. The standard InChI is InChI=1S/C11H10ClF3N2O5/c12-8-7(5(16)1-2-17-8)10(22,11(13,14)15)4(9(20)21)3-6(18)19/h1-2,4,22H,3H2,(H2,16,17)(H,18,19)(H,20,21). The minimum Gasteiger partial charge on any atom is -0.481 e. The van der Waals surface area contributed by atoms with E-state index in [2.05, 4.69) is 4.98 Å². The molecule has 0 spiro atoms. The topological polar surface area (TPSA) is 134 Å². The molecule has 2 atom stereocenters. The van der Waals surface area contributed by atoms with Crippen LogP contribution in [0.2, 0.25) is 5.15 Å². The van der Waals surface area contributed by atoms with E-state index in [4.69, 9.17) is 27.5 Å². The van der Waals surface area contributed by atoms with Gasteiger partial charge in [0.15, 0.2) is 0 Å². The number of nitrogens with zero attached hydrogens (tertiary/aromatic N) is 1. The molecule has 1 aromatic rings. The van der Waals surface area contributed by atoms with Crippen molar-refractivity contribution in [3.05, 3.63) is 23.0 Å². The van der Waals surface area contributed by atoms with Crippen LogP contribution in [0.3, 0.4) is 0 Å². The first-order chi connectivity index (χ1) is 9.92. The fourth-order valence-corrected chi connectivity index (χ4v) is 2.24. The summed E-state index contributed by atoms with van der Waals surface area (Å²) in [4.78, 5) is 25.1. The van der Waals surface area contributed by atoms with E-state index in [-0.39, 0.29) is 0 Å². The predicted molar refractivity (Wildman–Crippen MR) is 67.0 cm³/mol. The SMILES string of the molecule is Nc1ccnc(Cl)c1C(O)(C(CC(=O)O)C(=O)O)C(F)(F)F. The Morgan fingerprint density at radius 3 is 2.27 bits per heavy atom. The van der Waals surface area contributed by atoms with Gasteiger partial charge in [0.1, 0.15) is 11.1 Å². The van der Waals surface area contributed by atoms with Crippen LogP contribution in [0, 0.1) is 5.92 Å². The van der Waals surface area contributed by atoms with E-state index in [9.17, 15) is 27.9 Å². The second-order valence-electron chi connectivity index (χ2n) is 4.32. The number of anilines is 1. The van der Waals surface area contributed by atoms with Gasteiger partial charge in [-0.05, 0) is 6.07 Å². The summed E-state index contributed by atoms with van der Waals surface area (Å²) in [7, 11) is 0. The average molecular weight is 343 g/mol. The largest absolute Gasteiger partial charge is 0.481 e. The zero-order chi connectivity index (χ0) is 17.3. The number of alkyl halides is 3. The minimum atomic E-state index is -5.56. The van der Waals surface area contributed by atoms with E-state index < -0.39 is 52.5 Å². The van der Waals surface area contributed by atoms with Crippen molar-refractivity contribution in [1.82, 2.24) is 4.98 Å². The molecule has 0 aromatic carbocycles. The number of carboxylic acid groups (broad SMARTS) is 2. The molecule has 0 radical (unpaired) electrons. The Morgan fingerprint density at radius 2 is 1.91 bits per heavy atom. The number of nitrogens with two attached hydrogens (primary N) is 1. The van der Waals surface area contributed by atoms with Crippen LogP contribution < -0.4 is 5.73 Å². The molecule has 0 saturated heterocycles. The lowest BCUT2D eigenvalue weighted by Gasteiger charge is -2.36. The van der Waals surface area contributed by atoms with Crippen LogP contribution in [0.5, 0.6) is 0 Å². The van der Waals surface area contributed by atoms with Gasteiger partial charge in [0.05, 0.1) is 12.0 Å².